The summed E-state index contributed by atoms with van der Waals surface area (Å²) in [5, 5.41) is 6.04. The first kappa shape index (κ1) is 16.3. The molecule has 0 aliphatic heterocycles. The lowest BCUT2D eigenvalue weighted by atomic mass is 10.1. The van der Waals surface area contributed by atoms with Gasteiger partial charge >= 0.3 is 0 Å². The van der Waals surface area contributed by atoms with Crippen molar-refractivity contribution < 1.29 is 9.53 Å². The molecular weight excluding hydrogens is 252 g/mol. The monoisotopic (exact) mass is 278 g/mol. The van der Waals surface area contributed by atoms with Gasteiger partial charge in [0.25, 0.3) is 0 Å². The molecule has 0 fully saturated rings. The third-order valence-corrected chi connectivity index (χ3v) is 2.41. The fourth-order valence-electron chi connectivity index (χ4n) is 1.63. The van der Waals surface area contributed by atoms with Gasteiger partial charge in [0.2, 0.25) is 5.91 Å². The summed E-state index contributed by atoms with van der Waals surface area (Å²) < 4.78 is 5.74. The Balaban J connectivity index is 2.57. The van der Waals surface area contributed by atoms with Crippen LogP contribution in [0, 0.1) is 5.92 Å². The molecule has 0 saturated carbocycles. The quantitative estimate of drug-likeness (QED) is 0.841. The van der Waals surface area contributed by atoms with E-state index in [-0.39, 0.29) is 18.0 Å². The number of anilines is 1. The standard InChI is InChI=1S/C16H26N2O2/c1-12(2)11-20-14-9-7-6-8-13(14)17-10-15(19)18-16(3,4)5/h6-9,12,17H,10-11H2,1-5H3,(H,18,19). The van der Waals surface area contributed by atoms with E-state index in [1.54, 1.807) is 0 Å². The Hall–Kier alpha value is -1.71. The van der Waals surface area contributed by atoms with Gasteiger partial charge in [-0.3, -0.25) is 4.79 Å². The van der Waals surface area contributed by atoms with Gasteiger partial charge in [-0.25, -0.2) is 0 Å². The molecule has 1 aromatic carbocycles. The van der Waals surface area contributed by atoms with Crippen LogP contribution in [0.2, 0.25) is 0 Å². The van der Waals surface area contributed by atoms with E-state index in [2.05, 4.69) is 24.5 Å². The minimum absolute atomic E-state index is 0.0313. The number of para-hydroxylation sites is 2. The topological polar surface area (TPSA) is 50.4 Å². The molecule has 20 heavy (non-hydrogen) atoms. The number of carbonyl (C=O) groups excluding carboxylic acids is 1. The van der Waals surface area contributed by atoms with Crippen molar-refractivity contribution >= 4 is 11.6 Å². The second-order valence-corrected chi connectivity index (χ2v) is 6.35. The average molecular weight is 278 g/mol. The van der Waals surface area contributed by atoms with Crippen molar-refractivity contribution in [3.8, 4) is 5.75 Å². The smallest absolute Gasteiger partial charge is 0.239 e. The SMILES string of the molecule is CC(C)COc1ccccc1NCC(=O)NC(C)(C)C. The molecule has 0 aromatic heterocycles. The van der Waals surface area contributed by atoms with E-state index in [9.17, 15) is 4.79 Å². The molecule has 4 heteroatoms. The molecule has 0 spiro atoms. The second-order valence-electron chi connectivity index (χ2n) is 6.35. The lowest BCUT2D eigenvalue weighted by molar-refractivity contribution is -0.120. The van der Waals surface area contributed by atoms with Gasteiger partial charge in [0.05, 0.1) is 18.8 Å². The molecular formula is C16H26N2O2. The van der Waals surface area contributed by atoms with Crippen LogP contribution in [0.3, 0.4) is 0 Å². The van der Waals surface area contributed by atoms with E-state index < -0.39 is 0 Å². The number of hydrogen-bond donors (Lipinski definition) is 2. The number of carbonyl (C=O) groups is 1. The maximum absolute atomic E-state index is 11.8. The lowest BCUT2D eigenvalue weighted by Gasteiger charge is -2.21. The first-order chi connectivity index (χ1) is 9.28. The van der Waals surface area contributed by atoms with E-state index >= 15 is 0 Å². The molecule has 0 bridgehead atoms. The van der Waals surface area contributed by atoms with Gasteiger partial charge in [-0.2, -0.15) is 0 Å². The fourth-order valence-corrected chi connectivity index (χ4v) is 1.63. The van der Waals surface area contributed by atoms with Gasteiger partial charge in [0.1, 0.15) is 5.75 Å². The van der Waals surface area contributed by atoms with Crippen molar-refractivity contribution in [1.82, 2.24) is 5.32 Å². The van der Waals surface area contributed by atoms with Gasteiger partial charge in [-0.05, 0) is 38.8 Å². The molecule has 0 radical (unpaired) electrons. The summed E-state index contributed by atoms with van der Waals surface area (Å²) in [6, 6.07) is 7.68. The third-order valence-electron chi connectivity index (χ3n) is 2.41. The van der Waals surface area contributed by atoms with Crippen LogP contribution in [-0.2, 0) is 4.79 Å². The van der Waals surface area contributed by atoms with Gasteiger partial charge in [0.15, 0.2) is 0 Å². The van der Waals surface area contributed by atoms with E-state index in [0.717, 1.165) is 11.4 Å². The van der Waals surface area contributed by atoms with Crippen LogP contribution in [-0.4, -0.2) is 24.6 Å². The molecule has 0 atom stereocenters. The van der Waals surface area contributed by atoms with Crippen LogP contribution in [0.4, 0.5) is 5.69 Å². The first-order valence-electron chi connectivity index (χ1n) is 7.04. The summed E-state index contributed by atoms with van der Waals surface area (Å²) in [5.41, 5.74) is 0.629. The zero-order valence-corrected chi connectivity index (χ0v) is 13.1. The van der Waals surface area contributed by atoms with E-state index in [4.69, 9.17) is 4.74 Å². The number of amides is 1. The molecule has 0 unspecified atom stereocenters. The summed E-state index contributed by atoms with van der Waals surface area (Å²) in [4.78, 5) is 11.8. The van der Waals surface area contributed by atoms with Crippen LogP contribution in [0.25, 0.3) is 0 Å². The van der Waals surface area contributed by atoms with Crippen LogP contribution < -0.4 is 15.4 Å². The number of rotatable bonds is 6. The number of hydrogen-bond acceptors (Lipinski definition) is 3. The zero-order chi connectivity index (χ0) is 15.2. The summed E-state index contributed by atoms with van der Waals surface area (Å²) in [7, 11) is 0. The van der Waals surface area contributed by atoms with Crippen molar-refractivity contribution in [3.05, 3.63) is 24.3 Å². The Morgan fingerprint density at radius 1 is 1.25 bits per heavy atom. The van der Waals surface area contributed by atoms with Crippen molar-refractivity contribution in [2.45, 2.75) is 40.2 Å². The van der Waals surface area contributed by atoms with Gasteiger partial charge < -0.3 is 15.4 Å². The average Bonchev–Trinajstić information content (AvgIpc) is 2.32. The van der Waals surface area contributed by atoms with Crippen molar-refractivity contribution in [2.75, 3.05) is 18.5 Å². The summed E-state index contributed by atoms with van der Waals surface area (Å²) in [6.45, 7) is 11.0. The Labute approximate surface area is 121 Å². The van der Waals surface area contributed by atoms with Gasteiger partial charge in [0, 0.05) is 5.54 Å². The van der Waals surface area contributed by atoms with E-state index in [1.807, 2.05) is 45.0 Å². The normalized spacial score (nSPS) is 11.3. The molecule has 2 N–H and O–H groups in total. The van der Waals surface area contributed by atoms with Crippen LogP contribution >= 0.6 is 0 Å². The van der Waals surface area contributed by atoms with Crippen molar-refractivity contribution in [2.24, 2.45) is 5.92 Å². The zero-order valence-electron chi connectivity index (χ0n) is 13.1. The Kier molecular flexibility index (Phi) is 5.86. The molecule has 4 nitrogen and oxygen atoms in total. The number of nitrogens with one attached hydrogen (secondary N) is 2. The maximum Gasteiger partial charge on any atom is 0.239 e. The van der Waals surface area contributed by atoms with Gasteiger partial charge in [-0.15, -0.1) is 0 Å². The summed E-state index contributed by atoms with van der Waals surface area (Å²) >= 11 is 0. The molecule has 1 aromatic rings. The summed E-state index contributed by atoms with van der Waals surface area (Å²) in [5.74, 6) is 1.22. The molecule has 0 aliphatic rings. The number of benzene rings is 1. The minimum atomic E-state index is -0.216. The lowest BCUT2D eigenvalue weighted by Crippen LogP contribution is -2.43. The largest absolute Gasteiger partial charge is 0.491 e. The molecule has 1 rings (SSSR count). The fraction of sp³-hybridized carbons (Fsp3) is 0.562. The third kappa shape index (κ3) is 6.45. The highest BCUT2D eigenvalue weighted by molar-refractivity contribution is 5.81. The molecule has 0 aliphatic carbocycles. The minimum Gasteiger partial charge on any atom is -0.491 e. The van der Waals surface area contributed by atoms with Gasteiger partial charge in [-0.1, -0.05) is 26.0 Å². The highest BCUT2D eigenvalue weighted by Gasteiger charge is 2.13. The molecule has 0 heterocycles. The predicted molar refractivity (Wildman–Crippen MR) is 83.2 cm³/mol. The van der Waals surface area contributed by atoms with Crippen LogP contribution in [0.1, 0.15) is 34.6 Å². The molecule has 112 valence electrons. The Morgan fingerprint density at radius 3 is 2.50 bits per heavy atom. The maximum atomic E-state index is 11.8. The first-order valence-corrected chi connectivity index (χ1v) is 7.04. The van der Waals surface area contributed by atoms with E-state index in [0.29, 0.717) is 12.5 Å². The highest BCUT2D eigenvalue weighted by atomic mass is 16.5. The molecule has 1 amide bonds. The molecule has 0 saturated heterocycles. The predicted octanol–water partition coefficient (Wildman–Crippen LogP) is 3.05. The Morgan fingerprint density at radius 2 is 1.90 bits per heavy atom. The Bertz CT molecular complexity index is 436. The summed E-state index contributed by atoms with van der Waals surface area (Å²) in [6.07, 6.45) is 0. The van der Waals surface area contributed by atoms with Crippen molar-refractivity contribution in [3.63, 3.8) is 0 Å². The number of ether oxygens (including phenoxy) is 1. The highest BCUT2D eigenvalue weighted by Crippen LogP contribution is 2.23. The van der Waals surface area contributed by atoms with Crippen LogP contribution in [0.15, 0.2) is 24.3 Å². The van der Waals surface area contributed by atoms with E-state index in [1.165, 1.54) is 0 Å². The van der Waals surface area contributed by atoms with Crippen LogP contribution in [0.5, 0.6) is 5.75 Å². The van der Waals surface area contributed by atoms with Crippen molar-refractivity contribution in [1.29, 1.82) is 0 Å². The second kappa shape index (κ2) is 7.17.